The van der Waals surface area contributed by atoms with Gasteiger partial charge in [0.05, 0.1) is 19.4 Å². The number of carbonyl (C=O) groups is 2. The summed E-state index contributed by atoms with van der Waals surface area (Å²) in [5.74, 6) is 0.798. The number of hydrogen-bond acceptors (Lipinski definition) is 5. The maximum atomic E-state index is 12.1. The predicted molar refractivity (Wildman–Crippen MR) is 106 cm³/mol. The van der Waals surface area contributed by atoms with Gasteiger partial charge in [0.2, 0.25) is 11.8 Å². The van der Waals surface area contributed by atoms with E-state index in [4.69, 9.17) is 16.6 Å². The van der Waals surface area contributed by atoms with Crippen molar-refractivity contribution in [2.24, 2.45) is 0 Å². The van der Waals surface area contributed by atoms with Crippen molar-refractivity contribution >= 4 is 24.0 Å². The monoisotopic (exact) mass is 399 g/mol. The molecule has 146 valence electrons. The van der Waals surface area contributed by atoms with Crippen molar-refractivity contribution < 1.29 is 14.0 Å². The molecule has 0 unspecified atom stereocenters. The van der Waals surface area contributed by atoms with Gasteiger partial charge >= 0.3 is 0 Å². The lowest BCUT2D eigenvalue weighted by molar-refractivity contribution is -0.126. The fourth-order valence-corrected chi connectivity index (χ4v) is 2.90. The van der Waals surface area contributed by atoms with Crippen LogP contribution in [0.3, 0.4) is 0 Å². The molecular formula is C19H21N5O3S. The third-order valence-electron chi connectivity index (χ3n) is 4.08. The van der Waals surface area contributed by atoms with Crippen molar-refractivity contribution in [2.75, 3.05) is 6.54 Å². The lowest BCUT2D eigenvalue weighted by atomic mass is 10.1. The number of nitrogens with zero attached hydrogens (tertiary/aromatic N) is 2. The smallest absolute Gasteiger partial charge is 0.239 e. The van der Waals surface area contributed by atoms with E-state index in [9.17, 15) is 9.59 Å². The molecule has 0 aliphatic carbocycles. The third-order valence-corrected chi connectivity index (χ3v) is 4.39. The third kappa shape index (κ3) is 5.17. The molecule has 0 saturated carbocycles. The quantitative estimate of drug-likeness (QED) is 0.504. The Balaban J connectivity index is 1.50. The molecule has 0 bridgehead atoms. The summed E-state index contributed by atoms with van der Waals surface area (Å²) < 4.78 is 7.36. The molecule has 8 nitrogen and oxygen atoms in total. The lowest BCUT2D eigenvalue weighted by Crippen LogP contribution is -2.36. The predicted octanol–water partition coefficient (Wildman–Crippen LogP) is 2.33. The van der Waals surface area contributed by atoms with Crippen LogP contribution >= 0.6 is 12.2 Å². The van der Waals surface area contributed by atoms with Crippen LogP contribution in [0, 0.1) is 11.7 Å². The van der Waals surface area contributed by atoms with Gasteiger partial charge in [-0.25, -0.2) is 0 Å². The van der Waals surface area contributed by atoms with Crippen molar-refractivity contribution in [2.45, 2.75) is 26.4 Å². The zero-order valence-electron chi connectivity index (χ0n) is 15.4. The number of nitrogens with one attached hydrogen (secondary N) is 3. The van der Waals surface area contributed by atoms with E-state index in [0.29, 0.717) is 22.9 Å². The second-order valence-electron chi connectivity index (χ2n) is 6.26. The SMILES string of the molecule is Cc1cccc(-c2n[nH]c(=S)n2CCC(=O)NCC(=O)NCc2ccco2)c1. The summed E-state index contributed by atoms with van der Waals surface area (Å²) in [6.45, 7) is 2.55. The summed E-state index contributed by atoms with van der Waals surface area (Å²) >= 11 is 5.28. The minimum absolute atomic E-state index is 0.0962. The molecule has 9 heteroatoms. The van der Waals surface area contributed by atoms with E-state index >= 15 is 0 Å². The fraction of sp³-hybridized carbons (Fsp3) is 0.263. The summed E-state index contributed by atoms with van der Waals surface area (Å²) in [6, 6.07) is 11.4. The van der Waals surface area contributed by atoms with E-state index in [1.807, 2.05) is 31.2 Å². The summed E-state index contributed by atoms with van der Waals surface area (Å²) in [6.07, 6.45) is 1.72. The maximum absolute atomic E-state index is 12.1. The Morgan fingerprint density at radius 1 is 1.21 bits per heavy atom. The Bertz CT molecular complexity index is 1010. The molecular weight excluding hydrogens is 378 g/mol. The van der Waals surface area contributed by atoms with Gasteiger partial charge in [0.1, 0.15) is 5.76 Å². The average Bonchev–Trinajstić information content (AvgIpc) is 3.32. The number of carbonyl (C=O) groups excluding carboxylic acids is 2. The topological polar surface area (TPSA) is 105 Å². The number of amides is 2. The van der Waals surface area contributed by atoms with Gasteiger partial charge in [0, 0.05) is 18.5 Å². The molecule has 0 fully saturated rings. The maximum Gasteiger partial charge on any atom is 0.239 e. The molecule has 0 radical (unpaired) electrons. The van der Waals surface area contributed by atoms with Gasteiger partial charge in [-0.3, -0.25) is 19.3 Å². The van der Waals surface area contributed by atoms with Crippen LogP contribution in [0.5, 0.6) is 0 Å². The second-order valence-corrected chi connectivity index (χ2v) is 6.64. The van der Waals surface area contributed by atoms with Gasteiger partial charge < -0.3 is 15.1 Å². The molecule has 2 heterocycles. The van der Waals surface area contributed by atoms with E-state index < -0.39 is 0 Å². The molecule has 3 rings (SSSR count). The van der Waals surface area contributed by atoms with Crippen molar-refractivity contribution in [3.63, 3.8) is 0 Å². The van der Waals surface area contributed by atoms with Crippen molar-refractivity contribution in [3.05, 3.63) is 58.8 Å². The Hall–Kier alpha value is -3.20. The number of rotatable bonds is 8. The Morgan fingerprint density at radius 3 is 2.82 bits per heavy atom. The van der Waals surface area contributed by atoms with E-state index in [1.165, 1.54) is 6.26 Å². The number of benzene rings is 1. The zero-order chi connectivity index (χ0) is 19.9. The van der Waals surface area contributed by atoms with Crippen LogP contribution in [0.2, 0.25) is 0 Å². The minimum atomic E-state index is -0.287. The molecule has 0 aliphatic rings. The Labute approximate surface area is 167 Å². The van der Waals surface area contributed by atoms with Crippen LogP contribution in [0.1, 0.15) is 17.7 Å². The van der Waals surface area contributed by atoms with Gasteiger partial charge in [-0.15, -0.1) is 0 Å². The van der Waals surface area contributed by atoms with E-state index in [2.05, 4.69) is 20.8 Å². The van der Waals surface area contributed by atoms with E-state index in [1.54, 1.807) is 16.7 Å². The average molecular weight is 399 g/mol. The van der Waals surface area contributed by atoms with Gasteiger partial charge in [-0.05, 0) is 37.3 Å². The molecule has 2 amide bonds. The fourth-order valence-electron chi connectivity index (χ4n) is 2.67. The lowest BCUT2D eigenvalue weighted by Gasteiger charge is -2.09. The molecule has 0 spiro atoms. The normalized spacial score (nSPS) is 10.6. The largest absolute Gasteiger partial charge is 0.467 e. The highest BCUT2D eigenvalue weighted by molar-refractivity contribution is 7.71. The van der Waals surface area contributed by atoms with Crippen LogP contribution in [-0.4, -0.2) is 33.1 Å². The van der Waals surface area contributed by atoms with Gasteiger partial charge in [-0.1, -0.05) is 23.8 Å². The van der Waals surface area contributed by atoms with E-state index in [-0.39, 0.29) is 31.3 Å². The first-order valence-corrected chi connectivity index (χ1v) is 9.22. The molecule has 2 aromatic heterocycles. The first-order chi connectivity index (χ1) is 13.5. The highest BCUT2D eigenvalue weighted by atomic mass is 32.1. The Kier molecular flexibility index (Phi) is 6.38. The molecule has 0 atom stereocenters. The molecule has 3 N–H and O–H groups in total. The zero-order valence-corrected chi connectivity index (χ0v) is 16.2. The van der Waals surface area contributed by atoms with Crippen LogP contribution < -0.4 is 10.6 Å². The number of aromatic nitrogens is 3. The summed E-state index contributed by atoms with van der Waals surface area (Å²) in [5, 5.41) is 12.3. The summed E-state index contributed by atoms with van der Waals surface area (Å²) in [5.41, 5.74) is 2.03. The van der Waals surface area contributed by atoms with Crippen molar-refractivity contribution in [1.29, 1.82) is 0 Å². The number of furan rings is 1. The second kappa shape index (κ2) is 9.14. The highest BCUT2D eigenvalue weighted by Crippen LogP contribution is 2.18. The van der Waals surface area contributed by atoms with Gasteiger partial charge in [-0.2, -0.15) is 5.10 Å². The molecule has 3 aromatic rings. The molecule has 28 heavy (non-hydrogen) atoms. The number of H-pyrrole nitrogens is 1. The Morgan fingerprint density at radius 2 is 2.07 bits per heavy atom. The molecule has 0 aliphatic heterocycles. The van der Waals surface area contributed by atoms with Gasteiger partial charge in [0.15, 0.2) is 10.6 Å². The number of hydrogen-bond donors (Lipinski definition) is 3. The minimum Gasteiger partial charge on any atom is -0.467 e. The first kappa shape index (κ1) is 19.6. The summed E-state index contributed by atoms with van der Waals surface area (Å²) in [4.78, 5) is 23.9. The summed E-state index contributed by atoms with van der Waals surface area (Å²) in [7, 11) is 0. The standard InChI is InChI=1S/C19H21N5O3S/c1-13-4-2-5-14(10-13)18-22-23-19(28)24(18)8-7-16(25)21-12-17(26)20-11-15-6-3-9-27-15/h2-6,9-10H,7-8,11-12H2,1H3,(H,20,26)(H,21,25)(H,23,28). The van der Waals surface area contributed by atoms with Gasteiger partial charge in [0.25, 0.3) is 0 Å². The highest BCUT2D eigenvalue weighted by Gasteiger charge is 2.11. The molecule has 0 saturated heterocycles. The van der Waals surface area contributed by atoms with Crippen LogP contribution in [0.4, 0.5) is 0 Å². The van der Waals surface area contributed by atoms with Crippen molar-refractivity contribution in [3.8, 4) is 11.4 Å². The molecule has 1 aromatic carbocycles. The van der Waals surface area contributed by atoms with Crippen LogP contribution in [0.15, 0.2) is 47.1 Å². The first-order valence-electron chi connectivity index (χ1n) is 8.81. The number of aromatic amines is 1. The van der Waals surface area contributed by atoms with Crippen LogP contribution in [0.25, 0.3) is 11.4 Å². The van der Waals surface area contributed by atoms with E-state index in [0.717, 1.165) is 11.1 Å². The van der Waals surface area contributed by atoms with Crippen LogP contribution in [-0.2, 0) is 22.7 Å². The number of aryl methyl sites for hydroxylation is 1. The van der Waals surface area contributed by atoms with Crippen molar-refractivity contribution in [1.82, 2.24) is 25.4 Å².